The Morgan fingerprint density at radius 3 is 2.19 bits per heavy atom. The van der Waals surface area contributed by atoms with Gasteiger partial charge in [-0.3, -0.25) is 4.99 Å². The Bertz CT molecular complexity index is 456. The molecule has 154 valence electrons. The van der Waals surface area contributed by atoms with Crippen LogP contribution in [-0.4, -0.2) is 68.5 Å². The first-order valence-corrected chi connectivity index (χ1v) is 9.27. The normalized spacial score (nSPS) is 14.2. The lowest BCUT2D eigenvalue weighted by molar-refractivity contribution is 0.0264. The molecule has 26 heavy (non-hydrogen) atoms. The van der Waals surface area contributed by atoms with Gasteiger partial charge in [0.1, 0.15) is 5.60 Å². The van der Waals surface area contributed by atoms with E-state index in [-0.39, 0.29) is 17.7 Å². The lowest BCUT2D eigenvalue weighted by Crippen LogP contribution is -2.48. The maximum Gasteiger partial charge on any atom is 0.407 e. The van der Waals surface area contributed by atoms with Crippen LogP contribution < -0.4 is 10.6 Å². The molecule has 1 unspecified atom stereocenters. The van der Waals surface area contributed by atoms with Gasteiger partial charge in [-0.1, -0.05) is 13.8 Å². The molecule has 0 bridgehead atoms. The summed E-state index contributed by atoms with van der Waals surface area (Å²) in [5.41, 5.74) is -0.766. The summed E-state index contributed by atoms with van der Waals surface area (Å²) in [5.74, 6) is 1.10. The van der Waals surface area contributed by atoms with Gasteiger partial charge in [0.05, 0.1) is 5.60 Å². The highest BCUT2D eigenvalue weighted by molar-refractivity contribution is 5.79. The number of aliphatic imine (C=N–C) groups is 1. The number of hydrogen-bond donors (Lipinski definition) is 2. The number of nitrogens with one attached hydrogen (secondary N) is 2. The van der Waals surface area contributed by atoms with Crippen molar-refractivity contribution >= 4 is 12.1 Å². The van der Waals surface area contributed by atoms with Crippen LogP contribution in [0.25, 0.3) is 0 Å². The molecule has 0 aliphatic rings. The molecule has 0 aromatic carbocycles. The van der Waals surface area contributed by atoms with E-state index >= 15 is 0 Å². The maximum atomic E-state index is 12.1. The summed E-state index contributed by atoms with van der Waals surface area (Å²) in [7, 11) is 5.45. The van der Waals surface area contributed by atoms with E-state index in [0.717, 1.165) is 18.9 Å². The molecular weight excluding hydrogens is 332 g/mol. The molecule has 0 saturated heterocycles. The number of carbonyl (C=O) groups is 1. The largest absolute Gasteiger partial charge is 0.444 e. The fraction of sp³-hybridized carbons (Fsp3) is 0.895. The number of guanidine groups is 1. The van der Waals surface area contributed by atoms with Gasteiger partial charge < -0.3 is 25.0 Å². The van der Waals surface area contributed by atoms with Gasteiger partial charge in [0.15, 0.2) is 5.96 Å². The first-order chi connectivity index (χ1) is 11.8. The third-order valence-electron chi connectivity index (χ3n) is 4.08. The van der Waals surface area contributed by atoms with Crippen molar-refractivity contribution in [3.63, 3.8) is 0 Å². The fourth-order valence-corrected chi connectivity index (χ4v) is 2.22. The summed E-state index contributed by atoms with van der Waals surface area (Å²) in [6, 6.07) is 0.0285. The first kappa shape index (κ1) is 24.5. The van der Waals surface area contributed by atoms with E-state index in [1.165, 1.54) is 0 Å². The summed E-state index contributed by atoms with van der Waals surface area (Å²) in [4.78, 5) is 18.4. The van der Waals surface area contributed by atoms with Crippen LogP contribution in [0.3, 0.4) is 0 Å². The zero-order chi connectivity index (χ0) is 20.5. The van der Waals surface area contributed by atoms with Crippen molar-refractivity contribution in [1.82, 2.24) is 15.5 Å². The molecule has 0 aromatic rings. The van der Waals surface area contributed by atoms with Crippen LogP contribution in [0, 0.1) is 5.92 Å². The van der Waals surface area contributed by atoms with E-state index in [4.69, 9.17) is 9.47 Å². The summed E-state index contributed by atoms with van der Waals surface area (Å²) < 4.78 is 10.8. The monoisotopic (exact) mass is 372 g/mol. The van der Waals surface area contributed by atoms with E-state index in [1.54, 1.807) is 14.2 Å². The Morgan fingerprint density at radius 2 is 1.77 bits per heavy atom. The minimum absolute atomic E-state index is 0.0285. The number of rotatable bonds is 8. The van der Waals surface area contributed by atoms with E-state index in [9.17, 15) is 4.79 Å². The number of ether oxygens (including phenoxy) is 2. The van der Waals surface area contributed by atoms with Crippen molar-refractivity contribution in [2.75, 3.05) is 34.3 Å². The van der Waals surface area contributed by atoms with E-state index in [1.807, 2.05) is 41.7 Å². The van der Waals surface area contributed by atoms with Crippen molar-refractivity contribution in [3.05, 3.63) is 0 Å². The molecular formula is C19H40N4O3. The molecule has 0 aromatic heterocycles. The van der Waals surface area contributed by atoms with Gasteiger partial charge >= 0.3 is 6.09 Å². The van der Waals surface area contributed by atoms with Gasteiger partial charge in [0, 0.05) is 40.3 Å². The zero-order valence-electron chi connectivity index (χ0n) is 18.4. The third-order valence-corrected chi connectivity index (χ3v) is 4.08. The zero-order valence-corrected chi connectivity index (χ0v) is 18.4. The lowest BCUT2D eigenvalue weighted by atomic mass is 10.0. The Hall–Kier alpha value is -1.50. The maximum absolute atomic E-state index is 12.1. The third kappa shape index (κ3) is 10.5. The second-order valence-corrected chi connectivity index (χ2v) is 8.57. The summed E-state index contributed by atoms with van der Waals surface area (Å²) in [6.45, 7) is 15.2. The molecule has 1 amide bonds. The average Bonchev–Trinajstić information content (AvgIpc) is 2.49. The quantitative estimate of drug-likeness (QED) is 0.506. The Labute approximate surface area is 159 Å². The van der Waals surface area contributed by atoms with Gasteiger partial charge in [-0.15, -0.1) is 0 Å². The van der Waals surface area contributed by atoms with Crippen LogP contribution in [0.1, 0.15) is 54.9 Å². The van der Waals surface area contributed by atoms with Crippen LogP contribution in [-0.2, 0) is 9.47 Å². The fourth-order valence-electron chi connectivity index (χ4n) is 2.22. The van der Waals surface area contributed by atoms with Crippen molar-refractivity contribution in [2.24, 2.45) is 10.9 Å². The Kier molecular flexibility index (Phi) is 9.99. The highest BCUT2D eigenvalue weighted by atomic mass is 16.6. The Balaban J connectivity index is 4.64. The van der Waals surface area contributed by atoms with Gasteiger partial charge in [-0.05, 0) is 47.0 Å². The molecule has 7 heteroatoms. The first-order valence-electron chi connectivity index (χ1n) is 9.27. The molecule has 0 spiro atoms. The molecule has 0 radical (unpaired) electrons. The summed E-state index contributed by atoms with van der Waals surface area (Å²) in [6.07, 6.45) is 0.421. The predicted molar refractivity (Wildman–Crippen MR) is 108 cm³/mol. The molecule has 0 heterocycles. The molecule has 1 atom stereocenters. The van der Waals surface area contributed by atoms with Crippen LogP contribution in [0.5, 0.6) is 0 Å². The average molecular weight is 373 g/mol. The van der Waals surface area contributed by atoms with Gasteiger partial charge in [-0.2, -0.15) is 0 Å². The molecule has 7 nitrogen and oxygen atoms in total. The van der Waals surface area contributed by atoms with E-state index in [0.29, 0.717) is 12.5 Å². The Morgan fingerprint density at radius 1 is 1.19 bits per heavy atom. The van der Waals surface area contributed by atoms with Gasteiger partial charge in [0.2, 0.25) is 0 Å². The number of alkyl carbamates (subject to hydrolysis) is 1. The molecule has 0 saturated carbocycles. The second kappa shape index (κ2) is 10.6. The summed E-state index contributed by atoms with van der Waals surface area (Å²) in [5, 5.41) is 6.31. The summed E-state index contributed by atoms with van der Waals surface area (Å²) >= 11 is 0. The highest BCUT2D eigenvalue weighted by Crippen LogP contribution is 2.11. The van der Waals surface area contributed by atoms with E-state index in [2.05, 4.69) is 34.4 Å². The minimum Gasteiger partial charge on any atom is -0.444 e. The number of amides is 1. The predicted octanol–water partition coefficient (Wildman–Crippen LogP) is 2.86. The SMILES string of the molecule is CN=C(NCC(C)(C)OC)N(C)CCC(NC(=O)OC(C)(C)C)C(C)C. The molecule has 0 fully saturated rings. The molecule has 0 aliphatic heterocycles. The smallest absolute Gasteiger partial charge is 0.407 e. The molecule has 0 rings (SSSR count). The number of carbonyl (C=O) groups excluding carboxylic acids is 1. The second-order valence-electron chi connectivity index (χ2n) is 8.57. The highest BCUT2D eigenvalue weighted by Gasteiger charge is 2.22. The van der Waals surface area contributed by atoms with Gasteiger partial charge in [0.25, 0.3) is 0 Å². The molecule has 0 aliphatic carbocycles. The van der Waals surface area contributed by atoms with Crippen molar-refractivity contribution in [2.45, 2.75) is 72.1 Å². The topological polar surface area (TPSA) is 75.2 Å². The number of nitrogens with zero attached hydrogens (tertiary/aromatic N) is 2. The standard InChI is InChI=1S/C19H40N4O3/c1-14(2)15(22-17(24)26-18(3,4)5)11-12-23(9)16(20-8)21-13-19(6,7)25-10/h14-15H,11-13H2,1-10H3,(H,20,21)(H,22,24). The minimum atomic E-state index is -0.498. The van der Waals surface area contributed by atoms with Gasteiger partial charge in [-0.25, -0.2) is 4.79 Å². The van der Waals surface area contributed by atoms with Crippen LogP contribution >= 0.6 is 0 Å². The molecule has 2 N–H and O–H groups in total. The van der Waals surface area contributed by atoms with Crippen LogP contribution in [0.4, 0.5) is 4.79 Å². The van der Waals surface area contributed by atoms with Crippen LogP contribution in [0.2, 0.25) is 0 Å². The van der Waals surface area contributed by atoms with Crippen molar-refractivity contribution < 1.29 is 14.3 Å². The van der Waals surface area contributed by atoms with E-state index < -0.39 is 5.60 Å². The lowest BCUT2D eigenvalue weighted by Gasteiger charge is -2.30. The number of methoxy groups -OCH3 is 1. The van der Waals surface area contributed by atoms with Crippen molar-refractivity contribution in [3.8, 4) is 0 Å². The van der Waals surface area contributed by atoms with Crippen LogP contribution in [0.15, 0.2) is 4.99 Å². The number of hydrogen-bond acceptors (Lipinski definition) is 4. The van der Waals surface area contributed by atoms with Crippen molar-refractivity contribution in [1.29, 1.82) is 0 Å².